The standard InChI is InChI=1S/C7H15N5O3P2/c8-16(9,14)7-5(4-13)2-1-3-6(7)12-17(10,11)15/h1-3,13H,4H2,(H4,8,9,14)(H5,10,11,12,15). The summed E-state index contributed by atoms with van der Waals surface area (Å²) in [7, 11) is -7.23. The smallest absolute Gasteiger partial charge is 0.298 e. The van der Waals surface area contributed by atoms with Crippen LogP contribution in [-0.2, 0) is 15.7 Å². The van der Waals surface area contributed by atoms with E-state index in [2.05, 4.69) is 5.09 Å². The SMILES string of the molecule is NP(N)(=O)Nc1cccc(CO)c1P(N)(N)=O. The van der Waals surface area contributed by atoms with Gasteiger partial charge in [-0.15, -0.1) is 0 Å². The molecule has 0 heterocycles. The molecule has 10 heteroatoms. The van der Waals surface area contributed by atoms with Gasteiger partial charge < -0.3 is 10.2 Å². The summed E-state index contributed by atoms with van der Waals surface area (Å²) in [6, 6.07) is 4.45. The Kier molecular flexibility index (Phi) is 4.11. The van der Waals surface area contributed by atoms with Gasteiger partial charge >= 0.3 is 0 Å². The molecule has 0 aliphatic carbocycles. The van der Waals surface area contributed by atoms with Crippen LogP contribution in [0.5, 0.6) is 0 Å². The van der Waals surface area contributed by atoms with Crippen LogP contribution in [0.15, 0.2) is 18.2 Å². The maximum atomic E-state index is 11.7. The molecule has 0 saturated heterocycles. The molecule has 0 fully saturated rings. The minimum absolute atomic E-state index is 0.0152. The van der Waals surface area contributed by atoms with E-state index in [0.717, 1.165) is 0 Å². The topological polar surface area (TPSA) is 170 Å². The maximum absolute atomic E-state index is 11.7. The average Bonchev–Trinajstić information content (AvgIpc) is 2.12. The monoisotopic (exact) mass is 279 g/mol. The van der Waals surface area contributed by atoms with Gasteiger partial charge in [-0.25, -0.2) is 0 Å². The summed E-state index contributed by atoms with van der Waals surface area (Å²) < 4.78 is 23.0. The number of hydrogen-bond acceptors (Lipinski definition) is 3. The molecule has 0 amide bonds. The molecule has 1 aromatic rings. The molecule has 0 saturated carbocycles. The Morgan fingerprint density at radius 1 is 1.18 bits per heavy atom. The van der Waals surface area contributed by atoms with E-state index in [4.69, 9.17) is 27.1 Å². The Hall–Kier alpha value is -0.720. The second-order valence-electron chi connectivity index (χ2n) is 3.50. The summed E-state index contributed by atoms with van der Waals surface area (Å²) in [6.07, 6.45) is 0. The Morgan fingerprint density at radius 2 is 1.76 bits per heavy atom. The molecule has 1 aromatic carbocycles. The van der Waals surface area contributed by atoms with Gasteiger partial charge in [0.1, 0.15) is 0 Å². The van der Waals surface area contributed by atoms with Crippen molar-refractivity contribution < 1.29 is 14.2 Å². The first-order chi connectivity index (χ1) is 7.65. The van der Waals surface area contributed by atoms with Crippen molar-refractivity contribution in [3.63, 3.8) is 0 Å². The second-order valence-corrected chi connectivity index (χ2v) is 7.01. The molecule has 0 aliphatic rings. The van der Waals surface area contributed by atoms with Crippen molar-refractivity contribution in [3.8, 4) is 0 Å². The minimum Gasteiger partial charge on any atom is -0.392 e. The summed E-state index contributed by atoms with van der Waals surface area (Å²) >= 11 is 0. The molecule has 0 bridgehead atoms. The van der Waals surface area contributed by atoms with E-state index in [1.807, 2.05) is 0 Å². The van der Waals surface area contributed by atoms with Crippen LogP contribution in [0, 0.1) is 0 Å². The highest BCUT2D eigenvalue weighted by Crippen LogP contribution is 2.35. The lowest BCUT2D eigenvalue weighted by Gasteiger charge is -2.19. The first-order valence-corrected chi connectivity index (χ1v) is 8.20. The van der Waals surface area contributed by atoms with Crippen molar-refractivity contribution >= 4 is 26.0 Å². The van der Waals surface area contributed by atoms with E-state index in [1.54, 1.807) is 0 Å². The number of nitrogens with two attached hydrogens (primary N) is 4. The molecule has 17 heavy (non-hydrogen) atoms. The Labute approximate surface area is 98.4 Å². The minimum atomic E-state index is -3.65. The number of aliphatic hydroxyl groups is 1. The van der Waals surface area contributed by atoms with Crippen LogP contribution in [0.2, 0.25) is 0 Å². The van der Waals surface area contributed by atoms with Crippen LogP contribution in [0.1, 0.15) is 5.56 Å². The van der Waals surface area contributed by atoms with E-state index in [9.17, 15) is 9.13 Å². The number of aliphatic hydroxyl groups excluding tert-OH is 1. The third kappa shape index (κ3) is 3.90. The highest BCUT2D eigenvalue weighted by Gasteiger charge is 2.23. The number of nitrogens with one attached hydrogen (secondary N) is 1. The zero-order valence-corrected chi connectivity index (χ0v) is 10.7. The molecule has 0 aliphatic heterocycles. The fourth-order valence-corrected chi connectivity index (χ4v) is 3.16. The third-order valence-electron chi connectivity index (χ3n) is 1.93. The molecule has 10 N–H and O–H groups in total. The Bertz CT molecular complexity index is 508. The number of rotatable bonds is 4. The van der Waals surface area contributed by atoms with Crippen molar-refractivity contribution in [2.45, 2.75) is 6.61 Å². The first-order valence-electron chi connectivity index (χ1n) is 4.51. The average molecular weight is 279 g/mol. The van der Waals surface area contributed by atoms with Gasteiger partial charge in [0.2, 0.25) is 7.44 Å². The highest BCUT2D eigenvalue weighted by atomic mass is 31.2. The lowest BCUT2D eigenvalue weighted by Crippen LogP contribution is -2.27. The molecule has 0 unspecified atom stereocenters. The van der Waals surface area contributed by atoms with Crippen molar-refractivity contribution in [2.24, 2.45) is 22.0 Å². The Morgan fingerprint density at radius 3 is 2.18 bits per heavy atom. The van der Waals surface area contributed by atoms with Crippen molar-refractivity contribution in [3.05, 3.63) is 23.8 Å². The van der Waals surface area contributed by atoms with Crippen molar-refractivity contribution in [1.82, 2.24) is 0 Å². The van der Waals surface area contributed by atoms with Crippen molar-refractivity contribution in [1.29, 1.82) is 0 Å². The van der Waals surface area contributed by atoms with Crippen LogP contribution < -0.4 is 32.4 Å². The largest absolute Gasteiger partial charge is 0.392 e. The predicted octanol–water partition coefficient (Wildman–Crippen LogP) is -0.648. The highest BCUT2D eigenvalue weighted by molar-refractivity contribution is 7.67. The number of hydrogen-bond donors (Lipinski definition) is 6. The summed E-state index contributed by atoms with van der Waals surface area (Å²) in [5, 5.41) is 11.4. The van der Waals surface area contributed by atoms with Gasteiger partial charge in [-0.1, -0.05) is 12.1 Å². The normalized spacial score (nSPS) is 12.5. The van der Waals surface area contributed by atoms with Crippen molar-refractivity contribution in [2.75, 3.05) is 5.09 Å². The summed E-state index contributed by atoms with van der Waals surface area (Å²) in [5.41, 5.74) is 21.4. The zero-order valence-electron chi connectivity index (χ0n) is 8.91. The molecule has 0 atom stereocenters. The molecule has 0 spiro atoms. The van der Waals surface area contributed by atoms with Crippen LogP contribution >= 0.6 is 15.0 Å². The molecular formula is C7H15N5O3P2. The fourth-order valence-electron chi connectivity index (χ4n) is 1.41. The maximum Gasteiger partial charge on any atom is 0.298 e. The van der Waals surface area contributed by atoms with Crippen LogP contribution in [0.3, 0.4) is 0 Å². The fraction of sp³-hybridized carbons (Fsp3) is 0.143. The summed E-state index contributed by atoms with van der Waals surface area (Å²) in [6.45, 7) is -0.414. The van der Waals surface area contributed by atoms with E-state index in [0.29, 0.717) is 0 Å². The lowest BCUT2D eigenvalue weighted by molar-refractivity contribution is 0.283. The lowest BCUT2D eigenvalue weighted by atomic mass is 10.2. The van der Waals surface area contributed by atoms with Gasteiger partial charge in [-0.05, 0) is 11.6 Å². The molecule has 0 radical (unpaired) electrons. The van der Waals surface area contributed by atoms with E-state index < -0.39 is 21.6 Å². The predicted molar refractivity (Wildman–Crippen MR) is 67.6 cm³/mol. The van der Waals surface area contributed by atoms with Gasteiger partial charge in [0.05, 0.1) is 17.6 Å². The molecule has 8 nitrogen and oxygen atoms in total. The zero-order chi connectivity index (χ0) is 13.3. The van der Waals surface area contributed by atoms with Crippen LogP contribution in [-0.4, -0.2) is 5.11 Å². The quantitative estimate of drug-likeness (QED) is 0.395. The van der Waals surface area contributed by atoms with Gasteiger partial charge in [-0.3, -0.25) is 31.1 Å². The van der Waals surface area contributed by atoms with Crippen LogP contribution in [0.25, 0.3) is 0 Å². The molecule has 96 valence electrons. The van der Waals surface area contributed by atoms with Gasteiger partial charge in [0, 0.05) is 0 Å². The molecule has 1 rings (SSSR count). The number of anilines is 1. The van der Waals surface area contributed by atoms with E-state index >= 15 is 0 Å². The second kappa shape index (κ2) is 4.88. The summed E-state index contributed by atoms with van der Waals surface area (Å²) in [4.78, 5) is 0. The van der Waals surface area contributed by atoms with Crippen LogP contribution in [0.4, 0.5) is 5.69 Å². The Balaban J connectivity index is 3.40. The first kappa shape index (κ1) is 14.3. The van der Waals surface area contributed by atoms with E-state index in [-0.39, 0.29) is 16.6 Å². The number of benzene rings is 1. The third-order valence-corrected chi connectivity index (χ3v) is 3.75. The molecular weight excluding hydrogens is 264 g/mol. The van der Waals surface area contributed by atoms with E-state index in [1.165, 1.54) is 18.2 Å². The molecule has 0 aromatic heterocycles. The van der Waals surface area contributed by atoms with Gasteiger partial charge in [0.25, 0.3) is 7.59 Å². The van der Waals surface area contributed by atoms with Gasteiger partial charge in [0.15, 0.2) is 0 Å². The summed E-state index contributed by atoms with van der Waals surface area (Å²) in [5.74, 6) is 0. The van der Waals surface area contributed by atoms with Gasteiger partial charge in [-0.2, -0.15) is 0 Å².